The third-order valence-electron chi connectivity index (χ3n) is 7.58. The number of esters is 1. The molecule has 0 bridgehead atoms. The van der Waals surface area contributed by atoms with Gasteiger partial charge in [-0.3, -0.25) is 0 Å². The second kappa shape index (κ2) is 13.6. The minimum absolute atomic E-state index is 0.0169. The lowest BCUT2D eigenvalue weighted by atomic mass is 9.89. The van der Waals surface area contributed by atoms with Gasteiger partial charge in [-0.15, -0.1) is 11.3 Å². The van der Waals surface area contributed by atoms with Gasteiger partial charge in [0.25, 0.3) is 0 Å². The van der Waals surface area contributed by atoms with Gasteiger partial charge in [-0.05, 0) is 61.4 Å². The van der Waals surface area contributed by atoms with Gasteiger partial charge in [-0.25, -0.2) is 22.3 Å². The first-order valence-corrected chi connectivity index (χ1v) is 16.7. The van der Waals surface area contributed by atoms with Crippen LogP contribution in [0.25, 0.3) is 10.4 Å². The van der Waals surface area contributed by atoms with Crippen LogP contribution in [0, 0.1) is 0 Å². The highest BCUT2D eigenvalue weighted by Gasteiger charge is 2.30. The number of carboxylic acids is 1. The summed E-state index contributed by atoms with van der Waals surface area (Å²) in [4.78, 5) is 24.8. The van der Waals surface area contributed by atoms with Gasteiger partial charge in [-0.1, -0.05) is 66.2 Å². The second-order valence-corrected chi connectivity index (χ2v) is 13.8. The Morgan fingerprint density at radius 3 is 2.43 bits per heavy atom. The summed E-state index contributed by atoms with van der Waals surface area (Å²) < 4.78 is 38.6. The lowest BCUT2D eigenvalue weighted by molar-refractivity contribution is -0.152. The molecule has 3 aromatic rings. The number of nitrogens with zero attached hydrogens (tertiary/aromatic N) is 1. The first-order valence-electron chi connectivity index (χ1n) is 13.9. The predicted molar refractivity (Wildman–Crippen MR) is 162 cm³/mol. The number of hydrogen-bond acceptors (Lipinski definition) is 8. The highest BCUT2D eigenvalue weighted by atomic mass is 35.5. The fourth-order valence-corrected chi connectivity index (χ4v) is 8.36. The first kappa shape index (κ1) is 30.5. The topological polar surface area (TPSA) is 122 Å². The SMILES string of the molecule is O=C(COc1c(C(=O)O)sc(-c2cccc(C3CCN(S(=O)(=O)Cc4ccccc4)CC3)c2)c1Cl)OC1CCNCC1. The van der Waals surface area contributed by atoms with Gasteiger partial charge in [0, 0.05) is 13.1 Å². The molecule has 0 atom stereocenters. The van der Waals surface area contributed by atoms with Gasteiger partial charge in [0.1, 0.15) is 11.1 Å². The fraction of sp³-hybridized carbons (Fsp3) is 0.400. The zero-order valence-electron chi connectivity index (χ0n) is 23.0. The van der Waals surface area contributed by atoms with Crippen LogP contribution in [-0.4, -0.2) is 68.7 Å². The van der Waals surface area contributed by atoms with Crippen molar-refractivity contribution in [3.63, 3.8) is 0 Å². The van der Waals surface area contributed by atoms with Gasteiger partial charge >= 0.3 is 11.9 Å². The molecule has 2 N–H and O–H groups in total. The van der Waals surface area contributed by atoms with E-state index in [1.54, 1.807) is 4.31 Å². The maximum Gasteiger partial charge on any atom is 0.349 e. The number of nitrogens with one attached hydrogen (secondary N) is 1. The Labute approximate surface area is 254 Å². The number of hydrogen-bond donors (Lipinski definition) is 2. The van der Waals surface area contributed by atoms with E-state index in [2.05, 4.69) is 5.32 Å². The minimum atomic E-state index is -3.42. The summed E-state index contributed by atoms with van der Waals surface area (Å²) in [6.45, 7) is 1.96. The summed E-state index contributed by atoms with van der Waals surface area (Å²) >= 11 is 7.64. The molecule has 224 valence electrons. The molecule has 1 aromatic heterocycles. The Morgan fingerprint density at radius 2 is 1.74 bits per heavy atom. The number of rotatable bonds is 10. The summed E-state index contributed by atoms with van der Waals surface area (Å²) in [6.07, 6.45) is 2.59. The van der Waals surface area contributed by atoms with Crippen LogP contribution in [0.4, 0.5) is 0 Å². The Bertz CT molecular complexity index is 1510. The second-order valence-electron chi connectivity index (χ2n) is 10.5. The molecule has 0 spiro atoms. The van der Waals surface area contributed by atoms with Crippen molar-refractivity contribution in [3.05, 3.63) is 75.6 Å². The zero-order chi connectivity index (χ0) is 29.7. The van der Waals surface area contributed by atoms with E-state index in [-0.39, 0.29) is 33.4 Å². The normalized spacial score (nSPS) is 17.2. The zero-order valence-corrected chi connectivity index (χ0v) is 25.3. The molecule has 0 aliphatic carbocycles. The molecular weight excluding hydrogens is 600 g/mol. The molecule has 2 fully saturated rings. The molecule has 2 aliphatic heterocycles. The molecule has 2 saturated heterocycles. The number of carboxylic acid groups (broad SMARTS) is 1. The Kier molecular flexibility index (Phi) is 9.85. The van der Waals surface area contributed by atoms with Crippen LogP contribution < -0.4 is 10.1 Å². The largest absolute Gasteiger partial charge is 0.479 e. The number of piperidine rings is 2. The van der Waals surface area contributed by atoms with Gasteiger partial charge in [0.15, 0.2) is 17.2 Å². The maximum atomic E-state index is 13.0. The lowest BCUT2D eigenvalue weighted by Crippen LogP contribution is -2.38. The van der Waals surface area contributed by atoms with Crippen molar-refractivity contribution >= 4 is 44.9 Å². The first-order chi connectivity index (χ1) is 20.2. The van der Waals surface area contributed by atoms with E-state index in [4.69, 9.17) is 21.1 Å². The van der Waals surface area contributed by atoms with Crippen molar-refractivity contribution in [3.8, 4) is 16.2 Å². The number of aromatic carboxylic acids is 1. The Balaban J connectivity index is 1.26. The number of carbonyl (C=O) groups excluding carboxylic acids is 1. The number of carbonyl (C=O) groups is 2. The van der Waals surface area contributed by atoms with E-state index in [1.807, 2.05) is 54.6 Å². The van der Waals surface area contributed by atoms with Crippen molar-refractivity contribution < 1.29 is 32.6 Å². The summed E-state index contributed by atoms with van der Waals surface area (Å²) in [5.74, 6) is -1.69. The molecule has 0 saturated carbocycles. The standard InChI is InChI=1S/C30H33ClN2O7S2/c31-26-27(39-18-25(34)40-24-9-13-32-14-10-24)29(30(35)36)41-28(26)23-8-4-7-22(17-23)21-11-15-33(16-12-21)42(37,38)19-20-5-2-1-3-6-20/h1-8,17,21,24,32H,9-16,18-19H2,(H,35,36). The highest BCUT2D eigenvalue weighted by molar-refractivity contribution is 7.88. The average Bonchev–Trinajstić information content (AvgIpc) is 3.33. The molecule has 2 aliphatic rings. The number of thiophene rings is 1. The van der Waals surface area contributed by atoms with E-state index in [0.29, 0.717) is 43.6 Å². The van der Waals surface area contributed by atoms with Gasteiger partial charge in [-0.2, -0.15) is 0 Å². The van der Waals surface area contributed by atoms with Crippen LogP contribution in [0.5, 0.6) is 5.75 Å². The molecule has 0 unspecified atom stereocenters. The fourth-order valence-electron chi connectivity index (χ4n) is 5.39. The number of benzene rings is 2. The summed E-state index contributed by atoms with van der Waals surface area (Å²) in [5, 5.41) is 13.1. The monoisotopic (exact) mass is 632 g/mol. The molecule has 0 amide bonds. The summed E-state index contributed by atoms with van der Waals surface area (Å²) in [7, 11) is -3.42. The van der Waals surface area contributed by atoms with Crippen LogP contribution >= 0.6 is 22.9 Å². The van der Waals surface area contributed by atoms with Crippen molar-refractivity contribution in [2.75, 3.05) is 32.8 Å². The number of sulfonamides is 1. The Morgan fingerprint density at radius 1 is 1.02 bits per heavy atom. The van der Waals surface area contributed by atoms with Gasteiger partial charge in [0.05, 0.1) is 10.6 Å². The average molecular weight is 633 g/mol. The molecule has 5 rings (SSSR count). The molecule has 0 radical (unpaired) electrons. The molecular formula is C30H33ClN2O7S2. The minimum Gasteiger partial charge on any atom is -0.479 e. The maximum absolute atomic E-state index is 13.0. The van der Waals surface area contributed by atoms with Crippen LogP contribution in [0.15, 0.2) is 54.6 Å². The van der Waals surface area contributed by atoms with Crippen LogP contribution in [0.2, 0.25) is 5.02 Å². The third kappa shape index (κ3) is 7.33. The number of halogens is 1. The number of ether oxygens (including phenoxy) is 2. The van der Waals surface area contributed by atoms with Crippen LogP contribution in [0.1, 0.15) is 52.4 Å². The molecule has 3 heterocycles. The van der Waals surface area contributed by atoms with E-state index in [1.165, 1.54) is 0 Å². The van der Waals surface area contributed by atoms with E-state index < -0.39 is 28.6 Å². The summed E-state index contributed by atoms with van der Waals surface area (Å²) in [6, 6.07) is 16.9. The molecule has 12 heteroatoms. The quantitative estimate of drug-likeness (QED) is 0.294. The van der Waals surface area contributed by atoms with Crippen molar-refractivity contribution in [1.29, 1.82) is 0 Å². The van der Waals surface area contributed by atoms with Crippen molar-refractivity contribution in [2.45, 2.75) is 43.5 Å². The highest BCUT2D eigenvalue weighted by Crippen LogP contribution is 2.46. The van der Waals surface area contributed by atoms with Crippen molar-refractivity contribution in [1.82, 2.24) is 9.62 Å². The van der Waals surface area contributed by atoms with Crippen molar-refractivity contribution in [2.24, 2.45) is 0 Å². The molecule has 2 aromatic carbocycles. The third-order valence-corrected chi connectivity index (χ3v) is 11.1. The Hall–Kier alpha value is -2.96. The van der Waals surface area contributed by atoms with Gasteiger partial charge in [0.2, 0.25) is 10.0 Å². The van der Waals surface area contributed by atoms with Gasteiger partial charge < -0.3 is 19.9 Å². The predicted octanol–water partition coefficient (Wildman–Crippen LogP) is 5.15. The smallest absolute Gasteiger partial charge is 0.349 e. The molecule has 42 heavy (non-hydrogen) atoms. The van der Waals surface area contributed by atoms with E-state index >= 15 is 0 Å². The van der Waals surface area contributed by atoms with E-state index in [0.717, 1.165) is 41.1 Å². The summed E-state index contributed by atoms with van der Waals surface area (Å²) in [5.41, 5.74) is 2.53. The van der Waals surface area contributed by atoms with E-state index in [9.17, 15) is 23.1 Å². The van der Waals surface area contributed by atoms with Crippen LogP contribution in [0.3, 0.4) is 0 Å². The lowest BCUT2D eigenvalue weighted by Gasteiger charge is -2.31. The van der Waals surface area contributed by atoms with Crippen LogP contribution in [-0.2, 0) is 25.3 Å². The molecule has 9 nitrogen and oxygen atoms in total.